The predicted octanol–water partition coefficient (Wildman–Crippen LogP) is 3.50. The Morgan fingerprint density at radius 1 is 1.09 bits per heavy atom. The molecule has 0 N–H and O–H groups in total. The van der Waals surface area contributed by atoms with Crippen LogP contribution in [0.3, 0.4) is 0 Å². The Morgan fingerprint density at radius 3 is 2.48 bits per heavy atom. The smallest absolute Gasteiger partial charge is 0.159 e. The molecule has 0 unspecified atom stereocenters. The van der Waals surface area contributed by atoms with Crippen molar-refractivity contribution in [2.75, 3.05) is 5.01 Å². The van der Waals surface area contributed by atoms with Gasteiger partial charge in [0.25, 0.3) is 0 Å². The van der Waals surface area contributed by atoms with Gasteiger partial charge in [0.2, 0.25) is 0 Å². The quantitative estimate of drug-likeness (QED) is 0.741. The van der Waals surface area contributed by atoms with Crippen molar-refractivity contribution >= 4 is 5.69 Å². The number of hydrogen-bond donors (Lipinski definition) is 0. The standard InChI is InChI=1S/C17H12F2N4/c18-16-6-3-14(9-17(16)19)11-23(22-8-7-21-12-22)15-4-1-13(10-20)2-5-15/h1-9,12H,11H2. The van der Waals surface area contributed by atoms with Crippen LogP contribution in [0.2, 0.25) is 0 Å². The van der Waals surface area contributed by atoms with Crippen molar-refractivity contribution in [1.29, 1.82) is 5.26 Å². The van der Waals surface area contributed by atoms with Crippen LogP contribution >= 0.6 is 0 Å². The van der Waals surface area contributed by atoms with E-state index < -0.39 is 11.6 Å². The van der Waals surface area contributed by atoms with Crippen LogP contribution in [0.5, 0.6) is 0 Å². The van der Waals surface area contributed by atoms with Crippen LogP contribution in [0.15, 0.2) is 61.2 Å². The zero-order valence-corrected chi connectivity index (χ0v) is 12.0. The van der Waals surface area contributed by atoms with Gasteiger partial charge in [-0.1, -0.05) is 6.07 Å². The van der Waals surface area contributed by atoms with E-state index in [0.29, 0.717) is 17.7 Å². The van der Waals surface area contributed by atoms with Gasteiger partial charge in [-0.05, 0) is 42.0 Å². The second-order valence-corrected chi connectivity index (χ2v) is 4.91. The largest absolute Gasteiger partial charge is 0.276 e. The Kier molecular flexibility index (Phi) is 4.02. The topological polar surface area (TPSA) is 44.9 Å². The van der Waals surface area contributed by atoms with Crippen LogP contribution in [0.4, 0.5) is 14.5 Å². The Hall–Kier alpha value is -3.20. The van der Waals surface area contributed by atoms with E-state index in [0.717, 1.165) is 11.8 Å². The Bertz CT molecular complexity index is 836. The molecular formula is C17H12F2N4. The summed E-state index contributed by atoms with van der Waals surface area (Å²) in [5.74, 6) is -1.76. The molecule has 0 aliphatic carbocycles. The molecule has 0 amide bonds. The summed E-state index contributed by atoms with van der Waals surface area (Å²) in [4.78, 5) is 4.01. The van der Waals surface area contributed by atoms with E-state index in [9.17, 15) is 8.78 Å². The second kappa shape index (κ2) is 6.28. The number of anilines is 1. The molecule has 0 spiro atoms. The highest BCUT2D eigenvalue weighted by Crippen LogP contribution is 2.20. The number of imidazole rings is 1. The van der Waals surface area contributed by atoms with Gasteiger partial charge in [-0.15, -0.1) is 0 Å². The average Bonchev–Trinajstić information content (AvgIpc) is 3.10. The normalized spacial score (nSPS) is 10.3. The van der Waals surface area contributed by atoms with Crippen LogP contribution in [0.25, 0.3) is 0 Å². The fourth-order valence-corrected chi connectivity index (χ4v) is 2.22. The van der Waals surface area contributed by atoms with E-state index in [1.54, 1.807) is 47.7 Å². The molecule has 3 rings (SSSR count). The minimum atomic E-state index is -0.882. The van der Waals surface area contributed by atoms with Crippen LogP contribution in [0.1, 0.15) is 11.1 Å². The van der Waals surface area contributed by atoms with Crippen molar-refractivity contribution in [3.05, 3.63) is 83.9 Å². The first-order valence-electron chi connectivity index (χ1n) is 6.87. The minimum Gasteiger partial charge on any atom is -0.276 e. The van der Waals surface area contributed by atoms with Gasteiger partial charge in [0.1, 0.15) is 6.33 Å². The maximum Gasteiger partial charge on any atom is 0.159 e. The molecule has 3 aromatic rings. The highest BCUT2D eigenvalue weighted by molar-refractivity contribution is 5.49. The molecule has 1 aromatic heterocycles. The lowest BCUT2D eigenvalue weighted by atomic mass is 10.2. The summed E-state index contributed by atoms with van der Waals surface area (Å²) in [5, 5.41) is 10.7. The fourth-order valence-electron chi connectivity index (χ4n) is 2.22. The van der Waals surface area contributed by atoms with E-state index in [-0.39, 0.29) is 0 Å². The van der Waals surface area contributed by atoms with Gasteiger partial charge in [0.05, 0.1) is 23.9 Å². The summed E-state index contributed by atoms with van der Waals surface area (Å²) in [5.41, 5.74) is 1.96. The number of aromatic nitrogens is 2. The van der Waals surface area contributed by atoms with Crippen LogP contribution in [-0.4, -0.2) is 9.66 Å². The van der Waals surface area contributed by atoms with E-state index in [2.05, 4.69) is 11.1 Å². The molecule has 0 aliphatic rings. The first kappa shape index (κ1) is 14.7. The molecule has 0 saturated heterocycles. The summed E-state index contributed by atoms with van der Waals surface area (Å²) in [6.45, 7) is 0.319. The SMILES string of the molecule is N#Cc1ccc(N(Cc2ccc(F)c(F)c2)n2ccnc2)cc1. The lowest BCUT2D eigenvalue weighted by Gasteiger charge is -2.25. The molecule has 23 heavy (non-hydrogen) atoms. The maximum absolute atomic E-state index is 13.4. The molecule has 6 heteroatoms. The van der Waals surface area contributed by atoms with Crippen molar-refractivity contribution in [3.63, 3.8) is 0 Å². The minimum absolute atomic E-state index is 0.319. The number of nitriles is 1. The first-order valence-corrected chi connectivity index (χ1v) is 6.87. The molecule has 1 heterocycles. The van der Waals surface area contributed by atoms with Gasteiger partial charge in [0.15, 0.2) is 11.6 Å². The third kappa shape index (κ3) is 3.19. The summed E-state index contributed by atoms with van der Waals surface area (Å²) in [7, 11) is 0. The number of hydrogen-bond acceptors (Lipinski definition) is 3. The fraction of sp³-hybridized carbons (Fsp3) is 0.0588. The van der Waals surface area contributed by atoms with Crippen molar-refractivity contribution in [2.45, 2.75) is 6.54 Å². The summed E-state index contributed by atoms with van der Waals surface area (Å²) in [6.07, 6.45) is 4.98. The average molecular weight is 310 g/mol. The highest BCUT2D eigenvalue weighted by atomic mass is 19.2. The van der Waals surface area contributed by atoms with Gasteiger partial charge < -0.3 is 0 Å². The Labute approximate surface area is 131 Å². The number of nitrogens with zero attached hydrogens (tertiary/aromatic N) is 4. The number of rotatable bonds is 4. The molecule has 0 atom stereocenters. The van der Waals surface area contributed by atoms with Gasteiger partial charge in [-0.25, -0.2) is 18.4 Å². The van der Waals surface area contributed by atoms with Crippen molar-refractivity contribution < 1.29 is 8.78 Å². The molecule has 0 bridgehead atoms. The molecule has 0 aliphatic heterocycles. The van der Waals surface area contributed by atoms with Gasteiger partial charge >= 0.3 is 0 Å². The predicted molar refractivity (Wildman–Crippen MR) is 81.3 cm³/mol. The Balaban J connectivity index is 1.95. The summed E-state index contributed by atoms with van der Waals surface area (Å²) < 4.78 is 28.2. The maximum atomic E-state index is 13.4. The van der Waals surface area contributed by atoms with Crippen molar-refractivity contribution in [1.82, 2.24) is 9.66 Å². The van der Waals surface area contributed by atoms with E-state index in [1.807, 2.05) is 5.01 Å². The zero-order chi connectivity index (χ0) is 16.2. The van der Waals surface area contributed by atoms with Gasteiger partial charge in [0, 0.05) is 12.4 Å². The van der Waals surface area contributed by atoms with Crippen LogP contribution in [0, 0.1) is 23.0 Å². The number of benzene rings is 2. The van der Waals surface area contributed by atoms with Crippen molar-refractivity contribution in [3.8, 4) is 6.07 Å². The highest BCUT2D eigenvalue weighted by Gasteiger charge is 2.11. The summed E-state index contributed by atoms with van der Waals surface area (Å²) in [6, 6.07) is 12.9. The molecule has 2 aromatic carbocycles. The molecular weight excluding hydrogens is 298 g/mol. The first-order chi connectivity index (χ1) is 11.2. The van der Waals surface area contributed by atoms with Crippen LogP contribution in [-0.2, 0) is 6.54 Å². The second-order valence-electron chi connectivity index (χ2n) is 4.91. The van der Waals surface area contributed by atoms with E-state index in [4.69, 9.17) is 5.26 Å². The lowest BCUT2D eigenvalue weighted by molar-refractivity contribution is 0.506. The summed E-state index contributed by atoms with van der Waals surface area (Å²) >= 11 is 0. The van der Waals surface area contributed by atoms with E-state index in [1.165, 1.54) is 12.1 Å². The van der Waals surface area contributed by atoms with Gasteiger partial charge in [-0.3, -0.25) is 5.01 Å². The molecule has 0 saturated carbocycles. The third-order valence-electron chi connectivity index (χ3n) is 3.38. The van der Waals surface area contributed by atoms with E-state index >= 15 is 0 Å². The Morgan fingerprint density at radius 2 is 1.87 bits per heavy atom. The molecule has 0 radical (unpaired) electrons. The van der Waals surface area contributed by atoms with Gasteiger partial charge in [-0.2, -0.15) is 5.26 Å². The number of halogens is 2. The third-order valence-corrected chi connectivity index (χ3v) is 3.38. The zero-order valence-electron chi connectivity index (χ0n) is 12.0. The van der Waals surface area contributed by atoms with Crippen molar-refractivity contribution in [2.24, 2.45) is 0 Å². The molecule has 4 nitrogen and oxygen atoms in total. The monoisotopic (exact) mass is 310 g/mol. The molecule has 0 fully saturated rings. The molecule has 114 valence electrons. The van der Waals surface area contributed by atoms with Crippen LogP contribution < -0.4 is 5.01 Å². The lowest BCUT2D eigenvalue weighted by Crippen LogP contribution is -2.27.